The minimum absolute atomic E-state index is 0.0712. The van der Waals surface area contributed by atoms with Crippen LogP contribution >= 0.6 is 0 Å². The number of aliphatic hydroxyl groups is 3. The lowest BCUT2D eigenvalue weighted by Crippen LogP contribution is -2.61. The van der Waals surface area contributed by atoms with Gasteiger partial charge in [0.15, 0.2) is 25.2 Å². The molecule has 0 aromatic carbocycles. The summed E-state index contributed by atoms with van der Waals surface area (Å²) >= 11 is 0. The zero-order valence-electron chi connectivity index (χ0n) is 40.1. The molecule has 0 spiro atoms. The lowest BCUT2D eigenvalue weighted by atomic mass is 9.55. The molecule has 1 saturated carbocycles. The number of rotatable bonds is 11. The van der Waals surface area contributed by atoms with Crippen molar-refractivity contribution < 1.29 is 91.2 Å². The van der Waals surface area contributed by atoms with E-state index in [-0.39, 0.29) is 42.4 Å². The van der Waals surface area contributed by atoms with Gasteiger partial charge < -0.3 is 81.6 Å². The fourth-order valence-corrected chi connectivity index (χ4v) is 12.6. The van der Waals surface area contributed by atoms with E-state index in [1.54, 1.807) is 35.0 Å². The number of allylic oxidation sites excluding steroid dienone is 2. The SMILES string of the molecule is CO[C@H]1[C@H](O)[C@H](O[C@H]2CC[C@@]3(C)C(=CC[C@H]4C(=O)O[C@@H]5CO[C@]6(C)OC(=O)/C(=C\C[C@@H]43)[C@H]56)C2)O[C@@H](C)[C@@H]1O[C@H]1C[C@H](O)[C@H](O[C@@H]2C[C@H](OC)[C@H](O[C@H]3C[C@@H](OC)[C@@H](O)[C@H](C)O3)[C@H](C)O2)[C@@H](C)O1. The molecular weight excluding hydrogens is 881 g/mol. The number of esters is 2. The minimum atomic E-state index is -1.21. The van der Waals surface area contributed by atoms with Gasteiger partial charge in [0.1, 0.15) is 42.7 Å². The van der Waals surface area contributed by atoms with Gasteiger partial charge in [0.25, 0.3) is 0 Å². The molecule has 3 N–H and O–H groups in total. The molecule has 9 rings (SSSR count). The second-order valence-electron chi connectivity index (χ2n) is 20.5. The Morgan fingerprint density at radius 1 is 0.687 bits per heavy atom. The van der Waals surface area contributed by atoms with Crippen LogP contribution in [0.5, 0.6) is 0 Å². The van der Waals surface area contributed by atoms with Crippen LogP contribution in [0.1, 0.15) is 92.9 Å². The molecule has 24 atom stereocenters. The molecule has 7 fully saturated rings. The molecule has 67 heavy (non-hydrogen) atoms. The number of ether oxygens (including phenoxy) is 14. The average Bonchev–Trinajstić information content (AvgIpc) is 3.75. The van der Waals surface area contributed by atoms with Crippen LogP contribution in [0.3, 0.4) is 0 Å². The summed E-state index contributed by atoms with van der Waals surface area (Å²) in [6, 6.07) is 0. The molecule has 0 aromatic rings. The highest BCUT2D eigenvalue weighted by Crippen LogP contribution is 2.56. The minimum Gasteiger partial charge on any atom is -0.459 e. The monoisotopic (exact) mass is 952 g/mol. The average molecular weight is 953 g/mol. The predicted octanol–water partition coefficient (Wildman–Crippen LogP) is 2.72. The topological polar surface area (TPSA) is 224 Å². The number of aliphatic hydroxyl groups excluding tert-OH is 3. The largest absolute Gasteiger partial charge is 0.459 e. The van der Waals surface area contributed by atoms with E-state index in [0.717, 1.165) is 0 Å². The third-order valence-electron chi connectivity index (χ3n) is 16.4. The van der Waals surface area contributed by atoms with Crippen LogP contribution in [-0.2, 0) is 75.9 Å². The normalized spacial score (nSPS) is 51.9. The van der Waals surface area contributed by atoms with Gasteiger partial charge >= 0.3 is 11.9 Å². The zero-order valence-corrected chi connectivity index (χ0v) is 40.1. The van der Waals surface area contributed by atoms with Crippen LogP contribution in [-0.4, -0.2) is 178 Å². The summed E-state index contributed by atoms with van der Waals surface area (Å²) in [6.07, 6.45) is -5.11. The van der Waals surface area contributed by atoms with E-state index < -0.39 is 128 Å². The first-order valence-electron chi connectivity index (χ1n) is 24.3. The first kappa shape index (κ1) is 49.8. The van der Waals surface area contributed by atoms with Gasteiger partial charge in [-0.05, 0) is 71.1 Å². The maximum atomic E-state index is 13.8. The van der Waals surface area contributed by atoms with E-state index in [0.29, 0.717) is 50.5 Å². The van der Waals surface area contributed by atoms with Crippen molar-refractivity contribution in [2.24, 2.45) is 23.2 Å². The highest BCUT2D eigenvalue weighted by Gasteiger charge is 2.62. The molecule has 7 heterocycles. The van der Waals surface area contributed by atoms with Crippen molar-refractivity contribution >= 4 is 11.9 Å². The first-order valence-corrected chi connectivity index (χ1v) is 24.3. The third kappa shape index (κ3) is 9.43. The molecule has 378 valence electrons. The van der Waals surface area contributed by atoms with Crippen molar-refractivity contribution in [1.29, 1.82) is 0 Å². The third-order valence-corrected chi connectivity index (χ3v) is 16.4. The molecule has 0 bridgehead atoms. The molecule has 7 aliphatic heterocycles. The Kier molecular flexibility index (Phi) is 14.7. The van der Waals surface area contributed by atoms with Gasteiger partial charge in [0, 0.05) is 53.1 Å². The van der Waals surface area contributed by atoms with Crippen LogP contribution in [0, 0.1) is 23.2 Å². The summed E-state index contributed by atoms with van der Waals surface area (Å²) < 4.78 is 85.2. The van der Waals surface area contributed by atoms with Gasteiger partial charge in [-0.15, -0.1) is 0 Å². The van der Waals surface area contributed by atoms with E-state index in [1.165, 1.54) is 12.7 Å². The van der Waals surface area contributed by atoms with E-state index in [2.05, 4.69) is 13.0 Å². The lowest BCUT2D eigenvalue weighted by Gasteiger charge is -2.51. The van der Waals surface area contributed by atoms with Gasteiger partial charge in [0.05, 0.1) is 67.3 Å². The number of methoxy groups -OCH3 is 3. The molecule has 19 nitrogen and oxygen atoms in total. The Balaban J connectivity index is 0.777. The van der Waals surface area contributed by atoms with Crippen LogP contribution in [0.25, 0.3) is 0 Å². The molecule has 19 heteroatoms. The van der Waals surface area contributed by atoms with Gasteiger partial charge in [-0.2, -0.15) is 0 Å². The van der Waals surface area contributed by atoms with Crippen molar-refractivity contribution in [1.82, 2.24) is 0 Å². The standard InChI is InChI=1S/C48H72O19/c1-21-38(50)31(54-7)18-35(58-21)65-41-23(3)60-36(19-32(41)55-8)64-40-22(2)59-34(17-30(40)49)66-42-24(4)61-46(39(51)43(42)56-9)62-26-14-15-47(5)25(16-26)10-11-27-29(47)13-12-28-37-33(63-44(27)52)20-57-48(37,6)67-45(28)53/h10,12,21-24,26-27,29-43,46,49-51H,11,13-20H2,1-9H3/b28-12-/t21-,22+,23-,24-,26-,27+,29-,30-,31+,32-,33+,34-,35-,36+,37+,38-,39-,40+,41+,42-,43-,46-,47-,48+/m0/s1. The Hall–Kier alpha value is -2.18. The summed E-state index contributed by atoms with van der Waals surface area (Å²) in [5.74, 6) is -2.75. The van der Waals surface area contributed by atoms with Crippen LogP contribution in [0.15, 0.2) is 23.3 Å². The smallest absolute Gasteiger partial charge is 0.336 e. The van der Waals surface area contributed by atoms with Crippen LogP contribution in [0.4, 0.5) is 0 Å². The Morgan fingerprint density at radius 2 is 1.33 bits per heavy atom. The molecule has 0 radical (unpaired) electrons. The molecule has 9 aliphatic rings. The number of fused-ring (bicyclic) bond motifs is 3. The van der Waals surface area contributed by atoms with E-state index in [1.807, 2.05) is 19.9 Å². The number of hydrogen-bond acceptors (Lipinski definition) is 19. The van der Waals surface area contributed by atoms with Crippen molar-refractivity contribution in [3.63, 3.8) is 0 Å². The van der Waals surface area contributed by atoms with Gasteiger partial charge in [-0.3, -0.25) is 4.79 Å². The Morgan fingerprint density at radius 3 is 2.03 bits per heavy atom. The maximum absolute atomic E-state index is 13.8. The summed E-state index contributed by atoms with van der Waals surface area (Å²) in [6.45, 7) is 11.4. The molecule has 0 amide bonds. The maximum Gasteiger partial charge on any atom is 0.336 e. The van der Waals surface area contributed by atoms with E-state index >= 15 is 0 Å². The zero-order chi connectivity index (χ0) is 47.7. The lowest BCUT2D eigenvalue weighted by molar-refractivity contribution is -0.356. The fraction of sp³-hybridized carbons (Fsp3) is 0.875. The number of carbonyl (C=O) groups is 2. The van der Waals surface area contributed by atoms with E-state index in [9.17, 15) is 24.9 Å². The molecule has 6 saturated heterocycles. The highest BCUT2D eigenvalue weighted by molar-refractivity contribution is 5.92. The quantitative estimate of drug-likeness (QED) is 0.200. The summed E-state index contributed by atoms with van der Waals surface area (Å²) in [4.78, 5) is 26.8. The van der Waals surface area contributed by atoms with Gasteiger partial charge in [0.2, 0.25) is 5.79 Å². The predicted molar refractivity (Wildman–Crippen MR) is 229 cm³/mol. The molecular formula is C48H72O19. The summed E-state index contributed by atoms with van der Waals surface area (Å²) in [5, 5.41) is 33.5. The Labute approximate surface area is 392 Å². The van der Waals surface area contributed by atoms with Crippen molar-refractivity contribution in [3.05, 3.63) is 23.3 Å². The Bertz CT molecular complexity index is 1830. The van der Waals surface area contributed by atoms with Crippen LogP contribution < -0.4 is 0 Å². The molecule has 2 aliphatic carbocycles. The second-order valence-corrected chi connectivity index (χ2v) is 20.5. The first-order chi connectivity index (χ1) is 31.9. The van der Waals surface area contributed by atoms with Gasteiger partial charge in [-0.25, -0.2) is 4.79 Å². The van der Waals surface area contributed by atoms with Crippen molar-refractivity contribution in [3.8, 4) is 0 Å². The van der Waals surface area contributed by atoms with E-state index in [4.69, 9.17) is 66.3 Å². The number of hydrogen-bond donors (Lipinski definition) is 3. The second kappa shape index (κ2) is 19.8. The molecule has 0 unspecified atom stereocenters. The van der Waals surface area contributed by atoms with Crippen LogP contribution in [0.2, 0.25) is 0 Å². The molecule has 0 aromatic heterocycles. The summed E-state index contributed by atoms with van der Waals surface area (Å²) in [5.41, 5.74) is 1.35. The van der Waals surface area contributed by atoms with Crippen molar-refractivity contribution in [2.45, 2.75) is 215 Å². The number of carbonyl (C=O) groups excluding carboxylic acids is 2. The summed E-state index contributed by atoms with van der Waals surface area (Å²) in [7, 11) is 4.64. The highest BCUT2D eigenvalue weighted by atomic mass is 16.8. The fourth-order valence-electron chi connectivity index (χ4n) is 12.6. The van der Waals surface area contributed by atoms with Crippen molar-refractivity contribution in [2.75, 3.05) is 27.9 Å². The van der Waals surface area contributed by atoms with Gasteiger partial charge in [-0.1, -0.05) is 24.6 Å².